The number of nitrogens with zero attached hydrogens (tertiary/aromatic N) is 2. The highest BCUT2D eigenvalue weighted by atomic mass is 35.5. The zero-order valence-electron chi connectivity index (χ0n) is 12.7. The highest BCUT2D eigenvalue weighted by Gasteiger charge is 2.33. The van der Waals surface area contributed by atoms with Crippen molar-refractivity contribution in [1.82, 2.24) is 8.61 Å². The van der Waals surface area contributed by atoms with Gasteiger partial charge >= 0.3 is 0 Å². The molecule has 0 aromatic heterocycles. The van der Waals surface area contributed by atoms with E-state index >= 15 is 0 Å². The van der Waals surface area contributed by atoms with Crippen LogP contribution in [0.2, 0.25) is 5.02 Å². The first-order valence-corrected chi connectivity index (χ1v) is 9.37. The van der Waals surface area contributed by atoms with Gasteiger partial charge in [-0.1, -0.05) is 54.1 Å². The molecule has 1 heterocycles. The van der Waals surface area contributed by atoms with Crippen molar-refractivity contribution >= 4 is 21.8 Å². The van der Waals surface area contributed by atoms with E-state index in [1.54, 1.807) is 20.7 Å². The summed E-state index contributed by atoms with van der Waals surface area (Å²) in [6.07, 6.45) is 0.833. The van der Waals surface area contributed by atoms with Crippen LogP contribution in [0.3, 0.4) is 0 Å². The van der Waals surface area contributed by atoms with E-state index in [9.17, 15) is 8.42 Å². The van der Waals surface area contributed by atoms with Crippen molar-refractivity contribution in [3.8, 4) is 0 Å². The lowest BCUT2D eigenvalue weighted by molar-refractivity contribution is 0.276. The minimum atomic E-state index is -3.44. The molecule has 1 fully saturated rings. The number of hydrogen-bond acceptors (Lipinski definition) is 2. The first kappa shape index (κ1) is 16.5. The van der Waals surface area contributed by atoms with E-state index in [4.69, 9.17) is 11.6 Å². The summed E-state index contributed by atoms with van der Waals surface area (Å²) in [4.78, 5) is 0. The lowest BCUT2D eigenvalue weighted by atomic mass is 10.2. The Labute approximate surface area is 142 Å². The number of benzene rings is 2. The fraction of sp³-hybridized carbons (Fsp3) is 0.294. The molecule has 2 aromatic carbocycles. The molecule has 0 saturated carbocycles. The second kappa shape index (κ2) is 7.01. The van der Waals surface area contributed by atoms with Gasteiger partial charge in [0.2, 0.25) is 0 Å². The van der Waals surface area contributed by atoms with Gasteiger partial charge in [-0.15, -0.1) is 0 Å². The van der Waals surface area contributed by atoms with Crippen molar-refractivity contribution in [2.75, 3.05) is 13.1 Å². The van der Waals surface area contributed by atoms with E-state index < -0.39 is 10.2 Å². The van der Waals surface area contributed by atoms with Crippen molar-refractivity contribution in [2.24, 2.45) is 0 Å². The minimum absolute atomic E-state index is 0.380. The molecule has 0 amide bonds. The molecule has 3 rings (SSSR count). The predicted octanol–water partition coefficient (Wildman–Crippen LogP) is 3.29. The van der Waals surface area contributed by atoms with Gasteiger partial charge in [0.15, 0.2) is 0 Å². The lowest BCUT2D eigenvalue weighted by Gasteiger charge is -2.34. The molecule has 2 aromatic rings. The molecular weight excluding hydrogens is 332 g/mol. The average Bonchev–Trinajstić information content (AvgIpc) is 2.54. The second-order valence-corrected chi connectivity index (χ2v) is 8.01. The SMILES string of the molecule is O=S1(=O)N(Cc2ccccc2)CCCN1Cc1ccc(Cl)cc1. The molecule has 4 nitrogen and oxygen atoms in total. The molecule has 1 aliphatic rings. The van der Waals surface area contributed by atoms with E-state index in [-0.39, 0.29) is 0 Å². The molecule has 0 bridgehead atoms. The van der Waals surface area contributed by atoms with Crippen LogP contribution >= 0.6 is 11.6 Å². The fourth-order valence-electron chi connectivity index (χ4n) is 2.72. The molecule has 0 spiro atoms. The monoisotopic (exact) mass is 350 g/mol. The average molecular weight is 351 g/mol. The lowest BCUT2D eigenvalue weighted by Crippen LogP contribution is -2.48. The van der Waals surface area contributed by atoms with Crippen LogP contribution in [0, 0.1) is 0 Å². The van der Waals surface area contributed by atoms with Gasteiger partial charge in [-0.25, -0.2) is 0 Å². The van der Waals surface area contributed by atoms with Gasteiger partial charge in [0.1, 0.15) is 0 Å². The van der Waals surface area contributed by atoms with Crippen molar-refractivity contribution in [3.05, 3.63) is 70.7 Å². The Kier molecular flexibility index (Phi) is 5.02. The summed E-state index contributed by atoms with van der Waals surface area (Å²) in [5.41, 5.74) is 1.95. The molecular formula is C17H19ClN2O2S. The van der Waals surface area contributed by atoms with Crippen molar-refractivity contribution in [3.63, 3.8) is 0 Å². The van der Waals surface area contributed by atoms with Crippen molar-refractivity contribution in [1.29, 1.82) is 0 Å². The van der Waals surface area contributed by atoms with Crippen LogP contribution in [0.4, 0.5) is 0 Å². The molecule has 6 heteroatoms. The molecule has 1 saturated heterocycles. The zero-order valence-corrected chi connectivity index (χ0v) is 14.3. The Morgan fingerprint density at radius 1 is 0.826 bits per heavy atom. The number of rotatable bonds is 4. The van der Waals surface area contributed by atoms with Crippen LogP contribution in [-0.2, 0) is 23.3 Å². The van der Waals surface area contributed by atoms with Gasteiger partial charge < -0.3 is 0 Å². The molecule has 0 radical (unpaired) electrons. The Morgan fingerprint density at radius 3 is 1.91 bits per heavy atom. The molecule has 0 aliphatic carbocycles. The predicted molar refractivity (Wildman–Crippen MR) is 92.3 cm³/mol. The summed E-state index contributed by atoms with van der Waals surface area (Å²) >= 11 is 5.88. The molecule has 1 aliphatic heterocycles. The van der Waals surface area contributed by atoms with Gasteiger partial charge in [0.05, 0.1) is 0 Å². The van der Waals surface area contributed by atoms with Gasteiger partial charge in [-0.2, -0.15) is 17.0 Å². The van der Waals surface area contributed by atoms with E-state index in [0.29, 0.717) is 31.2 Å². The summed E-state index contributed by atoms with van der Waals surface area (Å²) in [6, 6.07) is 17.0. The summed E-state index contributed by atoms with van der Waals surface area (Å²) in [5.74, 6) is 0. The number of halogens is 1. The standard InChI is InChI=1S/C17H19ClN2O2S/c18-17-9-7-16(8-10-17)14-20-12-4-11-19(23(20,21)22)13-15-5-2-1-3-6-15/h1-3,5-10H,4,11-14H2. The third-order valence-corrected chi connectivity index (χ3v) is 6.12. The van der Waals surface area contributed by atoms with Gasteiger partial charge in [-0.05, 0) is 29.7 Å². The van der Waals surface area contributed by atoms with Crippen molar-refractivity contribution < 1.29 is 8.42 Å². The third-order valence-electron chi connectivity index (χ3n) is 3.94. The van der Waals surface area contributed by atoms with E-state index in [1.165, 1.54) is 0 Å². The minimum Gasteiger partial charge on any atom is -0.195 e. The zero-order chi connectivity index (χ0) is 16.3. The molecule has 122 valence electrons. The van der Waals surface area contributed by atoms with Crippen LogP contribution in [0.5, 0.6) is 0 Å². The summed E-state index contributed by atoms with van der Waals surface area (Å²) in [7, 11) is -3.44. The third kappa shape index (κ3) is 3.93. The van der Waals surface area contributed by atoms with E-state index in [0.717, 1.165) is 17.5 Å². The smallest absolute Gasteiger partial charge is 0.195 e. The largest absolute Gasteiger partial charge is 0.282 e. The Hall–Kier alpha value is -1.40. The Bertz CT molecular complexity index is 748. The van der Waals surface area contributed by atoms with Gasteiger partial charge in [0.25, 0.3) is 10.2 Å². The topological polar surface area (TPSA) is 40.6 Å². The molecule has 0 unspecified atom stereocenters. The molecule has 0 N–H and O–H groups in total. The maximum absolute atomic E-state index is 12.8. The quantitative estimate of drug-likeness (QED) is 0.849. The van der Waals surface area contributed by atoms with Crippen LogP contribution in [0.25, 0.3) is 0 Å². The van der Waals surface area contributed by atoms with Crippen LogP contribution < -0.4 is 0 Å². The normalized spacial score (nSPS) is 18.8. The first-order chi connectivity index (χ1) is 11.1. The van der Waals surface area contributed by atoms with Gasteiger partial charge in [-0.3, -0.25) is 0 Å². The Balaban J connectivity index is 1.75. The van der Waals surface area contributed by atoms with Crippen LogP contribution in [0.1, 0.15) is 17.5 Å². The van der Waals surface area contributed by atoms with Crippen molar-refractivity contribution in [2.45, 2.75) is 19.5 Å². The fourth-order valence-corrected chi connectivity index (χ4v) is 4.52. The highest BCUT2D eigenvalue weighted by Crippen LogP contribution is 2.22. The first-order valence-electron chi connectivity index (χ1n) is 7.59. The van der Waals surface area contributed by atoms with Gasteiger partial charge in [0, 0.05) is 31.2 Å². The molecule has 23 heavy (non-hydrogen) atoms. The maximum atomic E-state index is 12.8. The number of hydrogen-bond donors (Lipinski definition) is 0. The summed E-state index contributed by atoms with van der Waals surface area (Å²) in [5, 5.41) is 0.654. The van der Waals surface area contributed by atoms with E-state index in [2.05, 4.69) is 0 Å². The van der Waals surface area contributed by atoms with E-state index in [1.807, 2.05) is 42.5 Å². The van der Waals surface area contributed by atoms with Crippen LogP contribution in [0.15, 0.2) is 54.6 Å². The summed E-state index contributed by atoms with van der Waals surface area (Å²) < 4.78 is 28.7. The Morgan fingerprint density at radius 2 is 1.35 bits per heavy atom. The maximum Gasteiger partial charge on any atom is 0.282 e. The summed E-state index contributed by atoms with van der Waals surface area (Å²) in [6.45, 7) is 1.91. The van der Waals surface area contributed by atoms with Crippen LogP contribution in [-0.4, -0.2) is 30.1 Å². The highest BCUT2D eigenvalue weighted by molar-refractivity contribution is 7.86. The second-order valence-electron chi connectivity index (χ2n) is 5.64. The molecule has 0 atom stereocenters.